The highest BCUT2D eigenvalue weighted by atomic mass is 16.4. The molecule has 7 nitrogen and oxygen atoms in total. The summed E-state index contributed by atoms with van der Waals surface area (Å²) in [6.07, 6.45) is 5.54. The SMILES string of the molecule is CC(C)(C)Cc1cc(NCc2ccncc2)n2ncc(C(=O)O)c2n1. The van der Waals surface area contributed by atoms with E-state index < -0.39 is 5.97 Å². The van der Waals surface area contributed by atoms with Gasteiger partial charge in [-0.15, -0.1) is 0 Å². The summed E-state index contributed by atoms with van der Waals surface area (Å²) < 4.78 is 1.54. The van der Waals surface area contributed by atoms with E-state index in [0.29, 0.717) is 18.0 Å². The molecule has 7 heteroatoms. The van der Waals surface area contributed by atoms with Crippen molar-refractivity contribution in [3.63, 3.8) is 0 Å². The van der Waals surface area contributed by atoms with Gasteiger partial charge in [0, 0.05) is 30.7 Å². The van der Waals surface area contributed by atoms with Crippen LogP contribution in [-0.4, -0.2) is 30.7 Å². The summed E-state index contributed by atoms with van der Waals surface area (Å²) in [7, 11) is 0. The maximum Gasteiger partial charge on any atom is 0.341 e. The molecule has 25 heavy (non-hydrogen) atoms. The van der Waals surface area contributed by atoms with Crippen molar-refractivity contribution in [2.75, 3.05) is 5.32 Å². The van der Waals surface area contributed by atoms with Crippen molar-refractivity contribution in [3.05, 3.63) is 53.6 Å². The average Bonchev–Trinajstić information content (AvgIpc) is 2.96. The fourth-order valence-electron chi connectivity index (χ4n) is 2.62. The Kier molecular flexibility index (Phi) is 4.39. The molecule has 2 N–H and O–H groups in total. The van der Waals surface area contributed by atoms with Crippen LogP contribution >= 0.6 is 0 Å². The number of pyridine rings is 1. The van der Waals surface area contributed by atoms with E-state index >= 15 is 0 Å². The van der Waals surface area contributed by atoms with E-state index in [1.165, 1.54) is 10.7 Å². The largest absolute Gasteiger partial charge is 0.477 e. The maximum absolute atomic E-state index is 11.4. The quantitative estimate of drug-likeness (QED) is 0.742. The molecule has 0 fully saturated rings. The topological polar surface area (TPSA) is 92.4 Å². The van der Waals surface area contributed by atoms with Gasteiger partial charge in [-0.2, -0.15) is 9.61 Å². The van der Waals surface area contributed by atoms with E-state index in [-0.39, 0.29) is 11.0 Å². The molecular formula is C18H21N5O2. The number of rotatable bonds is 5. The number of aromatic carboxylic acids is 1. The van der Waals surface area contributed by atoms with Gasteiger partial charge in [-0.1, -0.05) is 20.8 Å². The lowest BCUT2D eigenvalue weighted by Gasteiger charge is -2.18. The molecule has 0 aliphatic heterocycles. The van der Waals surface area contributed by atoms with Crippen LogP contribution < -0.4 is 5.32 Å². The molecule has 0 saturated heterocycles. The number of carbonyl (C=O) groups is 1. The van der Waals surface area contributed by atoms with Gasteiger partial charge < -0.3 is 10.4 Å². The number of aromatic nitrogens is 4. The van der Waals surface area contributed by atoms with Crippen LogP contribution in [0.3, 0.4) is 0 Å². The fourth-order valence-corrected chi connectivity index (χ4v) is 2.62. The van der Waals surface area contributed by atoms with Crippen LogP contribution in [0.15, 0.2) is 36.8 Å². The first-order valence-corrected chi connectivity index (χ1v) is 8.07. The zero-order chi connectivity index (χ0) is 18.0. The molecule has 3 aromatic heterocycles. The summed E-state index contributed by atoms with van der Waals surface area (Å²) in [5, 5.41) is 16.9. The van der Waals surface area contributed by atoms with Crippen LogP contribution in [0.2, 0.25) is 0 Å². The Morgan fingerprint density at radius 1 is 1.28 bits per heavy atom. The third-order valence-corrected chi connectivity index (χ3v) is 3.69. The molecule has 0 saturated carbocycles. The lowest BCUT2D eigenvalue weighted by Crippen LogP contribution is -2.14. The normalized spacial score (nSPS) is 11.6. The summed E-state index contributed by atoms with van der Waals surface area (Å²) in [6, 6.07) is 5.78. The van der Waals surface area contributed by atoms with Crippen LogP contribution in [0.1, 0.15) is 42.4 Å². The lowest BCUT2D eigenvalue weighted by atomic mass is 9.90. The van der Waals surface area contributed by atoms with E-state index in [1.807, 2.05) is 18.2 Å². The van der Waals surface area contributed by atoms with Gasteiger partial charge in [0.15, 0.2) is 5.65 Å². The first-order chi connectivity index (χ1) is 11.8. The minimum absolute atomic E-state index is 0.0388. The van der Waals surface area contributed by atoms with Crippen LogP contribution in [-0.2, 0) is 13.0 Å². The molecule has 0 spiro atoms. The van der Waals surface area contributed by atoms with Crippen LogP contribution in [0.25, 0.3) is 5.65 Å². The Morgan fingerprint density at radius 3 is 2.64 bits per heavy atom. The Bertz CT molecular complexity index is 897. The van der Waals surface area contributed by atoms with Crippen molar-refractivity contribution >= 4 is 17.4 Å². The van der Waals surface area contributed by atoms with Crippen LogP contribution in [0, 0.1) is 5.41 Å². The molecule has 3 aromatic rings. The monoisotopic (exact) mass is 339 g/mol. The predicted octanol–water partition coefficient (Wildman–Crippen LogP) is 3.02. The van der Waals surface area contributed by atoms with Gasteiger partial charge in [0.05, 0.1) is 6.20 Å². The minimum atomic E-state index is -1.03. The number of hydrogen-bond acceptors (Lipinski definition) is 5. The van der Waals surface area contributed by atoms with E-state index in [1.54, 1.807) is 12.4 Å². The zero-order valence-corrected chi connectivity index (χ0v) is 14.5. The molecule has 0 unspecified atom stereocenters. The van der Waals surface area contributed by atoms with Crippen molar-refractivity contribution in [2.24, 2.45) is 5.41 Å². The van der Waals surface area contributed by atoms with Crippen molar-refractivity contribution in [3.8, 4) is 0 Å². The fraction of sp³-hybridized carbons (Fsp3) is 0.333. The Labute approximate surface area is 145 Å². The molecule has 0 radical (unpaired) electrons. The molecule has 3 heterocycles. The molecule has 0 aliphatic carbocycles. The van der Waals surface area contributed by atoms with Crippen molar-refractivity contribution in [2.45, 2.75) is 33.7 Å². The van der Waals surface area contributed by atoms with Crippen LogP contribution in [0.4, 0.5) is 5.82 Å². The molecule has 0 aliphatic rings. The summed E-state index contributed by atoms with van der Waals surface area (Å²) in [5.74, 6) is -0.316. The number of anilines is 1. The predicted molar refractivity (Wildman–Crippen MR) is 94.7 cm³/mol. The van der Waals surface area contributed by atoms with Crippen LogP contribution in [0.5, 0.6) is 0 Å². The highest BCUT2D eigenvalue weighted by Gasteiger charge is 2.19. The molecular weight excluding hydrogens is 318 g/mol. The van der Waals surface area contributed by atoms with Gasteiger partial charge in [-0.25, -0.2) is 9.78 Å². The minimum Gasteiger partial charge on any atom is -0.477 e. The Hall–Kier alpha value is -2.96. The second-order valence-corrected chi connectivity index (χ2v) is 7.18. The van der Waals surface area contributed by atoms with Gasteiger partial charge in [0.2, 0.25) is 0 Å². The van der Waals surface area contributed by atoms with E-state index in [0.717, 1.165) is 17.7 Å². The smallest absolute Gasteiger partial charge is 0.341 e. The molecule has 0 bridgehead atoms. The summed E-state index contributed by atoms with van der Waals surface area (Å²) in [6.45, 7) is 6.95. The van der Waals surface area contributed by atoms with Gasteiger partial charge >= 0.3 is 5.97 Å². The first-order valence-electron chi connectivity index (χ1n) is 8.07. The first kappa shape index (κ1) is 16.9. The van der Waals surface area contributed by atoms with Crippen molar-refractivity contribution in [1.82, 2.24) is 19.6 Å². The molecule has 0 amide bonds. The van der Waals surface area contributed by atoms with Crippen molar-refractivity contribution in [1.29, 1.82) is 0 Å². The number of nitrogens with one attached hydrogen (secondary N) is 1. The lowest BCUT2D eigenvalue weighted by molar-refractivity contribution is 0.0699. The van der Waals surface area contributed by atoms with Gasteiger partial charge in [-0.3, -0.25) is 4.98 Å². The van der Waals surface area contributed by atoms with E-state index in [2.05, 4.69) is 41.2 Å². The third kappa shape index (κ3) is 3.93. The molecule has 3 rings (SSSR count). The van der Waals surface area contributed by atoms with Gasteiger partial charge in [0.25, 0.3) is 0 Å². The molecule has 130 valence electrons. The number of nitrogens with zero attached hydrogens (tertiary/aromatic N) is 4. The molecule has 0 aromatic carbocycles. The maximum atomic E-state index is 11.4. The third-order valence-electron chi connectivity index (χ3n) is 3.69. The van der Waals surface area contributed by atoms with E-state index in [9.17, 15) is 9.90 Å². The second-order valence-electron chi connectivity index (χ2n) is 7.18. The van der Waals surface area contributed by atoms with E-state index in [4.69, 9.17) is 0 Å². The Morgan fingerprint density at radius 2 is 2.00 bits per heavy atom. The second kappa shape index (κ2) is 6.51. The number of carboxylic acids is 1. The number of hydrogen-bond donors (Lipinski definition) is 2. The van der Waals surface area contributed by atoms with Gasteiger partial charge in [-0.05, 0) is 29.5 Å². The summed E-state index contributed by atoms with van der Waals surface area (Å²) in [4.78, 5) is 20.0. The van der Waals surface area contributed by atoms with Crippen molar-refractivity contribution < 1.29 is 9.90 Å². The average molecular weight is 339 g/mol. The van der Waals surface area contributed by atoms with Gasteiger partial charge in [0.1, 0.15) is 11.4 Å². The highest BCUT2D eigenvalue weighted by Crippen LogP contribution is 2.23. The standard InChI is InChI=1S/C18H21N5O2/c1-18(2,3)9-13-8-15(20-10-12-4-6-19-7-5-12)23-16(22-13)14(11-21-23)17(24)25/h4-8,11,20H,9-10H2,1-3H3,(H,24,25). The zero-order valence-electron chi connectivity index (χ0n) is 14.5. The summed E-state index contributed by atoms with van der Waals surface area (Å²) in [5.41, 5.74) is 2.40. The summed E-state index contributed by atoms with van der Waals surface area (Å²) >= 11 is 0. The number of carboxylic acid groups (broad SMARTS) is 1. The molecule has 0 atom stereocenters. The highest BCUT2D eigenvalue weighted by molar-refractivity contribution is 5.94. The Balaban J connectivity index is 2.01. The number of fused-ring (bicyclic) bond motifs is 1.